The fourth-order valence-corrected chi connectivity index (χ4v) is 2.24. The van der Waals surface area contributed by atoms with Gasteiger partial charge in [-0.25, -0.2) is 4.79 Å². The Morgan fingerprint density at radius 1 is 1.17 bits per heavy atom. The number of phenols is 1. The van der Waals surface area contributed by atoms with Crippen molar-refractivity contribution in [1.82, 2.24) is 0 Å². The minimum absolute atomic E-state index is 0. The third-order valence-corrected chi connectivity index (χ3v) is 3.22. The second-order valence-corrected chi connectivity index (χ2v) is 4.49. The van der Waals surface area contributed by atoms with E-state index in [4.69, 9.17) is 15.9 Å². The number of furan rings is 1. The van der Waals surface area contributed by atoms with Crippen LogP contribution in [-0.4, -0.2) is 16.2 Å². The Bertz CT molecular complexity index is 889. The molecule has 0 aliphatic rings. The molecule has 4 nitrogen and oxygen atoms in total. The molecule has 0 fully saturated rings. The van der Waals surface area contributed by atoms with Crippen molar-refractivity contribution in [2.24, 2.45) is 0 Å². The first kappa shape index (κ1) is 19.0. The molecule has 0 atom stereocenters. The first-order chi connectivity index (χ1) is 10.1. The Balaban J connectivity index is 0.00000132. The van der Waals surface area contributed by atoms with Crippen LogP contribution in [0.2, 0.25) is 0 Å². The quantitative estimate of drug-likeness (QED) is 0.521. The molecule has 2 aromatic carbocycles. The molecule has 0 aliphatic heterocycles. The normalized spacial score (nSPS) is 9.52. The first-order valence-electron chi connectivity index (χ1n) is 6.16. The fourth-order valence-electron chi connectivity index (χ4n) is 2.24. The van der Waals surface area contributed by atoms with Crippen molar-refractivity contribution in [1.29, 1.82) is 0 Å². The number of hydrogen-bond donors (Lipinski definition) is 2. The van der Waals surface area contributed by atoms with Gasteiger partial charge in [0.05, 0.1) is 5.56 Å². The van der Waals surface area contributed by atoms with Gasteiger partial charge in [-0.15, -0.1) is 6.42 Å². The van der Waals surface area contributed by atoms with Gasteiger partial charge in [0.2, 0.25) is 0 Å². The molecule has 3 rings (SSSR count). The van der Waals surface area contributed by atoms with Crippen LogP contribution in [0.4, 0.5) is 0 Å². The standard InChI is InChI=1S/C17H10O4.CH3.Y/c1-2-11-12-8-13(17(19)20)14(18)9-15(12)21-16(11)10-6-4-3-5-7-10;;/h1,3-9,18H,(H,19,20);1H3;/q;-1;. The van der Waals surface area contributed by atoms with Gasteiger partial charge in [-0.2, -0.15) is 0 Å². The van der Waals surface area contributed by atoms with Gasteiger partial charge >= 0.3 is 5.97 Å². The Labute approximate surface area is 159 Å². The molecule has 0 saturated heterocycles. The molecule has 5 heteroatoms. The van der Waals surface area contributed by atoms with Crippen LogP contribution in [0.3, 0.4) is 0 Å². The number of carboxylic acids is 1. The molecule has 1 heterocycles. The maximum absolute atomic E-state index is 11.1. The fraction of sp³-hybridized carbons (Fsp3) is 0. The Morgan fingerprint density at radius 2 is 1.83 bits per heavy atom. The van der Waals surface area contributed by atoms with Crippen LogP contribution in [-0.2, 0) is 32.7 Å². The number of carbonyl (C=O) groups is 1. The van der Waals surface area contributed by atoms with Gasteiger partial charge in [-0.05, 0) is 6.07 Å². The Morgan fingerprint density at radius 3 is 2.39 bits per heavy atom. The zero-order valence-electron chi connectivity index (χ0n) is 12.4. The van der Waals surface area contributed by atoms with Crippen molar-refractivity contribution >= 4 is 16.9 Å². The van der Waals surface area contributed by atoms with Gasteiger partial charge in [0.15, 0.2) is 5.76 Å². The van der Waals surface area contributed by atoms with Crippen LogP contribution in [0.15, 0.2) is 46.9 Å². The van der Waals surface area contributed by atoms with E-state index in [0.29, 0.717) is 22.3 Å². The monoisotopic (exact) mass is 382 g/mol. The van der Waals surface area contributed by atoms with Gasteiger partial charge in [0.25, 0.3) is 0 Å². The Kier molecular flexibility index (Phi) is 6.15. The average Bonchev–Trinajstić information content (AvgIpc) is 2.84. The summed E-state index contributed by atoms with van der Waals surface area (Å²) in [6.45, 7) is 0. The summed E-state index contributed by atoms with van der Waals surface area (Å²) < 4.78 is 5.70. The molecule has 1 radical (unpaired) electrons. The van der Waals surface area contributed by atoms with E-state index < -0.39 is 5.97 Å². The molecule has 0 amide bonds. The second kappa shape index (κ2) is 7.45. The first-order valence-corrected chi connectivity index (χ1v) is 6.16. The summed E-state index contributed by atoms with van der Waals surface area (Å²) in [5.41, 5.74) is 1.40. The van der Waals surface area contributed by atoms with E-state index in [0.717, 1.165) is 5.56 Å². The second-order valence-electron chi connectivity index (χ2n) is 4.49. The molecule has 23 heavy (non-hydrogen) atoms. The number of hydrogen-bond acceptors (Lipinski definition) is 3. The van der Waals surface area contributed by atoms with Crippen LogP contribution in [0.1, 0.15) is 15.9 Å². The summed E-state index contributed by atoms with van der Waals surface area (Å²) in [6.07, 6.45) is 5.54. The molecule has 2 N–H and O–H groups in total. The molecule has 1 aromatic heterocycles. The number of terminal acetylenes is 1. The zero-order chi connectivity index (χ0) is 15.0. The van der Waals surface area contributed by atoms with Gasteiger partial charge in [-0.3, -0.25) is 0 Å². The van der Waals surface area contributed by atoms with Gasteiger partial charge in [0.1, 0.15) is 16.9 Å². The number of rotatable bonds is 2. The molecule has 0 aliphatic carbocycles. The molecule has 0 unspecified atom stereocenters. The minimum atomic E-state index is -1.22. The maximum atomic E-state index is 11.1. The van der Waals surface area contributed by atoms with E-state index in [1.165, 1.54) is 12.1 Å². The van der Waals surface area contributed by atoms with Crippen LogP contribution >= 0.6 is 0 Å². The van der Waals surface area contributed by atoms with E-state index in [1.54, 1.807) is 0 Å². The third-order valence-electron chi connectivity index (χ3n) is 3.22. The topological polar surface area (TPSA) is 70.7 Å². The van der Waals surface area contributed by atoms with Gasteiger partial charge < -0.3 is 22.1 Å². The summed E-state index contributed by atoms with van der Waals surface area (Å²) in [5, 5.41) is 19.3. The SMILES string of the molecule is C#Cc1c(-c2ccccc2)oc2cc(O)c(C(=O)O)cc12.[CH3-].[Y]. The summed E-state index contributed by atoms with van der Waals surface area (Å²) in [5.74, 6) is 1.44. The van der Waals surface area contributed by atoms with Crippen molar-refractivity contribution in [2.75, 3.05) is 0 Å². The summed E-state index contributed by atoms with van der Waals surface area (Å²) in [6, 6.07) is 11.9. The van der Waals surface area contributed by atoms with Crippen molar-refractivity contribution in [3.05, 3.63) is 61.0 Å². The minimum Gasteiger partial charge on any atom is -0.507 e. The predicted octanol–water partition coefficient (Wildman–Crippen LogP) is 3.93. The van der Waals surface area contributed by atoms with Crippen LogP contribution < -0.4 is 0 Å². The van der Waals surface area contributed by atoms with E-state index >= 15 is 0 Å². The van der Waals surface area contributed by atoms with Crippen molar-refractivity contribution in [3.8, 4) is 29.4 Å². The average molecular weight is 382 g/mol. The largest absolute Gasteiger partial charge is 0.507 e. The molecule has 0 saturated carbocycles. The van der Waals surface area contributed by atoms with Crippen molar-refractivity contribution in [2.45, 2.75) is 0 Å². The molecule has 3 aromatic rings. The summed E-state index contributed by atoms with van der Waals surface area (Å²) in [4.78, 5) is 11.1. The molecular formula is C18H13O4Y-. The zero-order valence-corrected chi connectivity index (χ0v) is 15.2. The number of aromatic hydroxyl groups is 1. The third kappa shape index (κ3) is 3.31. The van der Waals surface area contributed by atoms with E-state index in [9.17, 15) is 9.90 Å². The van der Waals surface area contributed by atoms with Crippen molar-refractivity contribution < 1.29 is 52.1 Å². The van der Waals surface area contributed by atoms with E-state index in [2.05, 4.69) is 5.92 Å². The molecule has 0 spiro atoms. The molecule has 0 bridgehead atoms. The summed E-state index contributed by atoms with van der Waals surface area (Å²) in [7, 11) is 0. The summed E-state index contributed by atoms with van der Waals surface area (Å²) >= 11 is 0. The number of fused-ring (bicyclic) bond motifs is 1. The maximum Gasteiger partial charge on any atom is 0.339 e. The Hall–Kier alpha value is -2.09. The van der Waals surface area contributed by atoms with Gasteiger partial charge in [-0.1, -0.05) is 36.3 Å². The number of benzene rings is 2. The van der Waals surface area contributed by atoms with Crippen LogP contribution in [0.5, 0.6) is 5.75 Å². The number of carboxylic acid groups (broad SMARTS) is 1. The predicted molar refractivity (Wildman–Crippen MR) is 84.6 cm³/mol. The van der Waals surface area contributed by atoms with Crippen molar-refractivity contribution in [3.63, 3.8) is 0 Å². The smallest absolute Gasteiger partial charge is 0.339 e. The van der Waals surface area contributed by atoms with Crippen LogP contribution in [0.25, 0.3) is 22.3 Å². The van der Waals surface area contributed by atoms with E-state index in [-0.39, 0.29) is 51.4 Å². The van der Waals surface area contributed by atoms with E-state index in [1.807, 2.05) is 30.3 Å². The molecular weight excluding hydrogens is 369 g/mol. The molecule has 113 valence electrons. The van der Waals surface area contributed by atoms with Gasteiger partial charge in [0, 0.05) is 49.7 Å². The van der Waals surface area contributed by atoms with Crippen LogP contribution in [0, 0.1) is 19.8 Å². The number of aromatic carboxylic acids is 1.